The van der Waals surface area contributed by atoms with Crippen molar-refractivity contribution in [2.24, 2.45) is 5.92 Å². The second-order valence-electron chi connectivity index (χ2n) is 7.52. The van der Waals surface area contributed by atoms with Crippen LogP contribution in [0.2, 0.25) is 0 Å². The van der Waals surface area contributed by atoms with Crippen LogP contribution in [0, 0.1) is 12.8 Å². The monoisotopic (exact) mass is 354 g/mol. The maximum Gasteiger partial charge on any atom is 0.246 e. The average Bonchev–Trinajstić information content (AvgIpc) is 3.38. The highest BCUT2D eigenvalue weighted by atomic mass is 16.2. The molecule has 0 atom stereocenters. The molecule has 2 aromatic rings. The summed E-state index contributed by atoms with van der Waals surface area (Å²) in [4.78, 5) is 15.8. The Morgan fingerprint density at radius 2 is 1.88 bits per heavy atom. The van der Waals surface area contributed by atoms with Crippen molar-refractivity contribution >= 4 is 5.91 Å². The van der Waals surface area contributed by atoms with E-state index in [0.29, 0.717) is 11.9 Å². The maximum absolute atomic E-state index is 12.5. The van der Waals surface area contributed by atoms with Gasteiger partial charge in [-0.2, -0.15) is 4.80 Å². The van der Waals surface area contributed by atoms with Crippen LogP contribution in [-0.4, -0.2) is 56.7 Å². The van der Waals surface area contributed by atoms with Gasteiger partial charge in [0.2, 0.25) is 11.7 Å². The van der Waals surface area contributed by atoms with Gasteiger partial charge >= 0.3 is 0 Å². The predicted molar refractivity (Wildman–Crippen MR) is 98.3 cm³/mol. The van der Waals surface area contributed by atoms with Crippen molar-refractivity contribution in [2.75, 3.05) is 19.6 Å². The minimum atomic E-state index is 0.0681. The molecule has 7 nitrogen and oxygen atoms in total. The molecule has 2 aliphatic rings. The van der Waals surface area contributed by atoms with Gasteiger partial charge in [0, 0.05) is 24.7 Å². The summed E-state index contributed by atoms with van der Waals surface area (Å²) < 4.78 is 0. The number of aryl methyl sites for hydroxylation is 1. The molecular weight excluding hydrogens is 328 g/mol. The topological polar surface area (TPSA) is 75.9 Å². The molecular formula is C19H26N6O. The van der Waals surface area contributed by atoms with Gasteiger partial charge in [-0.3, -0.25) is 4.79 Å². The van der Waals surface area contributed by atoms with E-state index in [1.54, 1.807) is 0 Å². The third-order valence-corrected chi connectivity index (χ3v) is 5.28. The van der Waals surface area contributed by atoms with Crippen molar-refractivity contribution in [3.63, 3.8) is 0 Å². The molecule has 1 saturated heterocycles. The molecule has 1 saturated carbocycles. The first-order valence-corrected chi connectivity index (χ1v) is 9.53. The van der Waals surface area contributed by atoms with Crippen molar-refractivity contribution in [3.05, 3.63) is 29.8 Å². The Bertz CT molecular complexity index is 744. The highest BCUT2D eigenvalue weighted by Crippen LogP contribution is 2.28. The fraction of sp³-hybridized carbons (Fsp3) is 0.579. The predicted octanol–water partition coefficient (Wildman–Crippen LogP) is 1.64. The van der Waals surface area contributed by atoms with Crippen LogP contribution in [0.1, 0.15) is 31.2 Å². The molecule has 4 rings (SSSR count). The van der Waals surface area contributed by atoms with Crippen LogP contribution in [0.4, 0.5) is 0 Å². The van der Waals surface area contributed by atoms with E-state index in [1.807, 2.05) is 36.1 Å². The highest BCUT2D eigenvalue weighted by molar-refractivity contribution is 5.75. The van der Waals surface area contributed by atoms with Crippen LogP contribution in [0.25, 0.3) is 11.4 Å². The maximum atomic E-state index is 12.5. The van der Waals surface area contributed by atoms with Crippen molar-refractivity contribution in [1.82, 2.24) is 30.4 Å². The van der Waals surface area contributed by atoms with Gasteiger partial charge in [0.05, 0.1) is 0 Å². The molecule has 1 aliphatic carbocycles. The van der Waals surface area contributed by atoms with Crippen LogP contribution in [0.15, 0.2) is 24.3 Å². The van der Waals surface area contributed by atoms with Gasteiger partial charge in [0.25, 0.3) is 0 Å². The number of nitrogens with zero attached hydrogens (tertiary/aromatic N) is 5. The minimum Gasteiger partial charge on any atom is -0.341 e. The highest BCUT2D eigenvalue weighted by Gasteiger charge is 2.26. The van der Waals surface area contributed by atoms with Crippen LogP contribution in [-0.2, 0) is 11.3 Å². The molecule has 2 fully saturated rings. The summed E-state index contributed by atoms with van der Waals surface area (Å²) in [6, 6.07) is 8.53. The lowest BCUT2D eigenvalue weighted by Gasteiger charge is -2.32. The van der Waals surface area contributed by atoms with Crippen LogP contribution < -0.4 is 5.32 Å². The van der Waals surface area contributed by atoms with Crippen molar-refractivity contribution in [3.8, 4) is 11.4 Å². The van der Waals surface area contributed by atoms with E-state index in [-0.39, 0.29) is 12.5 Å². The van der Waals surface area contributed by atoms with E-state index in [4.69, 9.17) is 0 Å². The van der Waals surface area contributed by atoms with Crippen molar-refractivity contribution in [1.29, 1.82) is 0 Å². The Morgan fingerprint density at radius 3 is 2.58 bits per heavy atom. The number of carbonyl (C=O) groups is 1. The number of hydrogen-bond donors (Lipinski definition) is 1. The largest absolute Gasteiger partial charge is 0.341 e. The molecule has 1 aromatic carbocycles. The molecule has 138 valence electrons. The summed E-state index contributed by atoms with van der Waals surface area (Å²) in [5.74, 6) is 1.52. The van der Waals surface area contributed by atoms with Gasteiger partial charge in [-0.1, -0.05) is 29.8 Å². The van der Waals surface area contributed by atoms with E-state index in [9.17, 15) is 4.79 Å². The van der Waals surface area contributed by atoms with E-state index in [1.165, 1.54) is 23.2 Å². The number of tetrazole rings is 1. The van der Waals surface area contributed by atoms with Crippen LogP contribution >= 0.6 is 0 Å². The zero-order chi connectivity index (χ0) is 17.9. The molecule has 1 amide bonds. The lowest BCUT2D eigenvalue weighted by molar-refractivity contribution is -0.133. The fourth-order valence-electron chi connectivity index (χ4n) is 3.34. The summed E-state index contributed by atoms with van der Waals surface area (Å²) in [7, 11) is 0. The van der Waals surface area contributed by atoms with Gasteiger partial charge in [0.1, 0.15) is 6.54 Å². The van der Waals surface area contributed by atoms with E-state index in [2.05, 4.69) is 20.7 Å². The number of likely N-dealkylation sites (tertiary alicyclic amines) is 1. The Hall–Kier alpha value is -2.28. The zero-order valence-electron chi connectivity index (χ0n) is 15.3. The molecule has 1 aliphatic heterocycles. The number of nitrogens with one attached hydrogen (secondary N) is 1. The minimum absolute atomic E-state index is 0.0681. The molecule has 0 spiro atoms. The second kappa shape index (κ2) is 7.53. The Labute approximate surface area is 153 Å². The van der Waals surface area contributed by atoms with E-state index in [0.717, 1.165) is 44.0 Å². The molecule has 26 heavy (non-hydrogen) atoms. The average molecular weight is 354 g/mol. The van der Waals surface area contributed by atoms with Gasteiger partial charge in [0.15, 0.2) is 0 Å². The standard InChI is InChI=1S/C19H26N6O/c1-14-2-6-16(7-3-14)19-21-23-25(22-19)13-18(26)24-10-8-17(9-11-24)20-12-15-4-5-15/h2-3,6-7,15,17,20H,4-5,8-13H2,1H3. The summed E-state index contributed by atoms with van der Waals surface area (Å²) in [6.07, 6.45) is 4.80. The number of amides is 1. The van der Waals surface area contributed by atoms with Gasteiger partial charge < -0.3 is 10.2 Å². The van der Waals surface area contributed by atoms with Crippen LogP contribution in [0.5, 0.6) is 0 Å². The first kappa shape index (κ1) is 17.1. The summed E-state index contributed by atoms with van der Waals surface area (Å²) in [5.41, 5.74) is 2.10. The Kier molecular flexibility index (Phi) is 4.97. The number of aromatic nitrogens is 4. The normalized spacial score (nSPS) is 18.3. The number of carbonyl (C=O) groups excluding carboxylic acids is 1. The Balaban J connectivity index is 1.27. The quantitative estimate of drug-likeness (QED) is 0.853. The molecule has 0 unspecified atom stereocenters. The molecule has 7 heteroatoms. The lowest BCUT2D eigenvalue weighted by Crippen LogP contribution is -2.46. The van der Waals surface area contributed by atoms with E-state index >= 15 is 0 Å². The zero-order valence-corrected chi connectivity index (χ0v) is 15.3. The van der Waals surface area contributed by atoms with Crippen molar-refractivity contribution < 1.29 is 4.79 Å². The SMILES string of the molecule is Cc1ccc(-c2nnn(CC(=O)N3CCC(NCC4CC4)CC3)n2)cc1. The first-order valence-electron chi connectivity index (χ1n) is 9.53. The van der Waals surface area contributed by atoms with Gasteiger partial charge in [-0.25, -0.2) is 0 Å². The Morgan fingerprint density at radius 1 is 1.15 bits per heavy atom. The smallest absolute Gasteiger partial charge is 0.246 e. The third-order valence-electron chi connectivity index (χ3n) is 5.28. The van der Waals surface area contributed by atoms with Crippen molar-refractivity contribution in [2.45, 2.75) is 45.2 Å². The summed E-state index contributed by atoms with van der Waals surface area (Å²) >= 11 is 0. The van der Waals surface area contributed by atoms with Gasteiger partial charge in [-0.05, 0) is 50.3 Å². The number of benzene rings is 1. The molecule has 0 bridgehead atoms. The van der Waals surface area contributed by atoms with Gasteiger partial charge in [-0.15, -0.1) is 10.2 Å². The second-order valence-corrected chi connectivity index (χ2v) is 7.52. The number of hydrogen-bond acceptors (Lipinski definition) is 5. The molecule has 1 N–H and O–H groups in total. The summed E-state index contributed by atoms with van der Waals surface area (Å²) in [5, 5.41) is 16.1. The molecule has 1 aromatic heterocycles. The first-order chi connectivity index (χ1) is 12.7. The molecule has 2 heterocycles. The molecule has 0 radical (unpaired) electrons. The van der Waals surface area contributed by atoms with E-state index < -0.39 is 0 Å². The number of piperidine rings is 1. The third kappa shape index (κ3) is 4.27. The fourth-order valence-corrected chi connectivity index (χ4v) is 3.34. The number of rotatable bonds is 6. The summed E-state index contributed by atoms with van der Waals surface area (Å²) in [6.45, 7) is 4.95. The lowest BCUT2D eigenvalue weighted by atomic mass is 10.0. The van der Waals surface area contributed by atoms with Crippen LogP contribution in [0.3, 0.4) is 0 Å².